The number of para-hydroxylation sites is 1. The molecule has 0 N–H and O–H groups in total. The lowest BCUT2D eigenvalue weighted by atomic mass is 10.1. The maximum Gasteiger partial charge on any atom is 0.128 e. The zero-order valence-electron chi connectivity index (χ0n) is 11.3. The summed E-state index contributed by atoms with van der Waals surface area (Å²) in [5.74, 6) is 0.887. The van der Waals surface area contributed by atoms with E-state index in [1.165, 1.54) is 5.39 Å². The summed E-state index contributed by atoms with van der Waals surface area (Å²) >= 11 is 0. The highest BCUT2D eigenvalue weighted by molar-refractivity contribution is 5.87. The molecule has 0 amide bonds. The van der Waals surface area contributed by atoms with Crippen LogP contribution in [0.5, 0.6) is 5.75 Å². The zero-order chi connectivity index (χ0) is 13.4. The fourth-order valence-electron chi connectivity index (χ4n) is 2.46. The summed E-state index contributed by atoms with van der Waals surface area (Å²) in [5.41, 5.74) is 4.40. The second-order valence-electron chi connectivity index (χ2n) is 4.67. The van der Waals surface area contributed by atoms with Crippen LogP contribution in [0.1, 0.15) is 5.69 Å². The number of hydrogen-bond donors (Lipinski definition) is 0. The van der Waals surface area contributed by atoms with Crippen molar-refractivity contribution in [1.82, 2.24) is 9.55 Å². The van der Waals surface area contributed by atoms with Crippen LogP contribution >= 0.6 is 0 Å². The number of nitrogens with zero attached hydrogens (tertiary/aromatic N) is 2. The Kier molecular flexibility index (Phi) is 2.75. The predicted octanol–water partition coefficient (Wildman–Crippen LogP) is 3.56. The first kappa shape index (κ1) is 11.8. The molecule has 96 valence electrons. The molecular weight excluding hydrogens is 236 g/mol. The van der Waals surface area contributed by atoms with Crippen LogP contribution in [-0.2, 0) is 7.05 Å². The Bertz CT molecular complexity index is 744. The number of benzene rings is 1. The molecule has 0 aliphatic carbocycles. The highest BCUT2D eigenvalue weighted by atomic mass is 16.5. The molecule has 1 aromatic carbocycles. The minimum absolute atomic E-state index is 0.887. The lowest BCUT2D eigenvalue weighted by Crippen LogP contribution is -1.94. The van der Waals surface area contributed by atoms with Crippen LogP contribution in [0.25, 0.3) is 22.2 Å². The summed E-state index contributed by atoms with van der Waals surface area (Å²) in [6.45, 7) is 2.01. The van der Waals surface area contributed by atoms with Crippen LogP contribution in [0.3, 0.4) is 0 Å². The number of methoxy groups -OCH3 is 1. The lowest BCUT2D eigenvalue weighted by molar-refractivity contribution is 0.416. The highest BCUT2D eigenvalue weighted by Gasteiger charge is 2.11. The molecule has 3 nitrogen and oxygen atoms in total. The number of rotatable bonds is 2. The van der Waals surface area contributed by atoms with Gasteiger partial charge in [0.2, 0.25) is 0 Å². The van der Waals surface area contributed by atoms with Crippen LogP contribution < -0.4 is 4.74 Å². The Morgan fingerprint density at radius 2 is 1.95 bits per heavy atom. The van der Waals surface area contributed by atoms with E-state index >= 15 is 0 Å². The van der Waals surface area contributed by atoms with Gasteiger partial charge in [0, 0.05) is 23.7 Å². The molecular formula is C16H16N2O. The normalized spacial score (nSPS) is 10.9. The summed E-state index contributed by atoms with van der Waals surface area (Å²) in [7, 11) is 3.76. The maximum atomic E-state index is 5.45. The van der Waals surface area contributed by atoms with Crippen molar-refractivity contribution in [3.8, 4) is 17.0 Å². The second kappa shape index (κ2) is 4.43. The van der Waals surface area contributed by atoms with Crippen LogP contribution in [0, 0.1) is 6.92 Å². The Morgan fingerprint density at radius 1 is 1.16 bits per heavy atom. The van der Waals surface area contributed by atoms with Crippen molar-refractivity contribution < 1.29 is 4.74 Å². The van der Waals surface area contributed by atoms with E-state index in [0.717, 1.165) is 28.2 Å². The average Bonchev–Trinajstić information content (AvgIpc) is 2.75. The Labute approximate surface area is 112 Å². The SMILES string of the molecule is COc1ccccc1-c1cc2cc(C)ncc2n1C. The van der Waals surface area contributed by atoms with Crippen molar-refractivity contribution >= 4 is 10.9 Å². The van der Waals surface area contributed by atoms with Crippen molar-refractivity contribution in [3.05, 3.63) is 48.3 Å². The molecule has 3 aromatic rings. The number of pyridine rings is 1. The van der Waals surface area contributed by atoms with Gasteiger partial charge in [-0.1, -0.05) is 12.1 Å². The van der Waals surface area contributed by atoms with Gasteiger partial charge in [0.1, 0.15) is 5.75 Å². The van der Waals surface area contributed by atoms with E-state index < -0.39 is 0 Å². The van der Waals surface area contributed by atoms with E-state index in [1.54, 1.807) is 7.11 Å². The number of fused-ring (bicyclic) bond motifs is 1. The monoisotopic (exact) mass is 252 g/mol. The third-order valence-corrected chi connectivity index (χ3v) is 3.45. The molecule has 0 aliphatic rings. The maximum absolute atomic E-state index is 5.45. The van der Waals surface area contributed by atoms with E-state index in [-0.39, 0.29) is 0 Å². The van der Waals surface area contributed by atoms with E-state index in [4.69, 9.17) is 4.74 Å². The molecule has 0 atom stereocenters. The van der Waals surface area contributed by atoms with E-state index in [9.17, 15) is 0 Å². The van der Waals surface area contributed by atoms with Crippen molar-refractivity contribution in [2.24, 2.45) is 7.05 Å². The molecule has 0 saturated heterocycles. The summed E-state index contributed by atoms with van der Waals surface area (Å²) in [6.07, 6.45) is 1.92. The Hall–Kier alpha value is -2.29. The molecule has 2 heterocycles. The van der Waals surface area contributed by atoms with Gasteiger partial charge in [-0.25, -0.2) is 0 Å². The van der Waals surface area contributed by atoms with Crippen molar-refractivity contribution in [3.63, 3.8) is 0 Å². The van der Waals surface area contributed by atoms with Crippen molar-refractivity contribution in [1.29, 1.82) is 0 Å². The van der Waals surface area contributed by atoms with Crippen LogP contribution in [-0.4, -0.2) is 16.7 Å². The van der Waals surface area contributed by atoms with Crippen LogP contribution in [0.2, 0.25) is 0 Å². The molecule has 0 saturated carbocycles. The molecule has 0 radical (unpaired) electrons. The second-order valence-corrected chi connectivity index (χ2v) is 4.67. The van der Waals surface area contributed by atoms with Gasteiger partial charge in [-0.15, -0.1) is 0 Å². The summed E-state index contributed by atoms with van der Waals surface area (Å²) < 4.78 is 7.60. The van der Waals surface area contributed by atoms with Gasteiger partial charge in [-0.3, -0.25) is 4.98 Å². The third kappa shape index (κ3) is 1.87. The number of aryl methyl sites for hydroxylation is 2. The molecule has 2 aromatic heterocycles. The van der Waals surface area contributed by atoms with Gasteiger partial charge >= 0.3 is 0 Å². The van der Waals surface area contributed by atoms with Gasteiger partial charge in [0.25, 0.3) is 0 Å². The lowest BCUT2D eigenvalue weighted by Gasteiger charge is -2.09. The molecule has 0 bridgehead atoms. The minimum Gasteiger partial charge on any atom is -0.496 e. The van der Waals surface area contributed by atoms with Gasteiger partial charge in [-0.05, 0) is 31.2 Å². The standard InChI is InChI=1S/C16H16N2O/c1-11-8-12-9-14(18(2)15(12)10-17-11)13-6-4-5-7-16(13)19-3/h4-10H,1-3H3. The average molecular weight is 252 g/mol. The first-order valence-electron chi connectivity index (χ1n) is 6.26. The van der Waals surface area contributed by atoms with Gasteiger partial charge in [0.05, 0.1) is 24.5 Å². The van der Waals surface area contributed by atoms with Gasteiger partial charge in [-0.2, -0.15) is 0 Å². The number of hydrogen-bond acceptors (Lipinski definition) is 2. The van der Waals surface area contributed by atoms with Gasteiger partial charge < -0.3 is 9.30 Å². The van der Waals surface area contributed by atoms with E-state index in [0.29, 0.717) is 0 Å². The first-order chi connectivity index (χ1) is 9.20. The van der Waals surface area contributed by atoms with Crippen LogP contribution in [0.15, 0.2) is 42.6 Å². The molecule has 3 rings (SSSR count). The number of aromatic nitrogens is 2. The minimum atomic E-state index is 0.887. The predicted molar refractivity (Wildman–Crippen MR) is 77.4 cm³/mol. The molecule has 0 fully saturated rings. The Morgan fingerprint density at radius 3 is 2.74 bits per heavy atom. The first-order valence-corrected chi connectivity index (χ1v) is 6.26. The third-order valence-electron chi connectivity index (χ3n) is 3.45. The molecule has 3 heteroatoms. The quantitative estimate of drug-likeness (QED) is 0.697. The largest absolute Gasteiger partial charge is 0.496 e. The molecule has 0 aliphatic heterocycles. The smallest absolute Gasteiger partial charge is 0.128 e. The van der Waals surface area contributed by atoms with E-state index in [2.05, 4.69) is 34.8 Å². The number of ether oxygens (including phenoxy) is 1. The van der Waals surface area contributed by atoms with Crippen molar-refractivity contribution in [2.75, 3.05) is 7.11 Å². The highest BCUT2D eigenvalue weighted by Crippen LogP contribution is 2.33. The molecule has 0 spiro atoms. The van der Waals surface area contributed by atoms with Crippen LogP contribution in [0.4, 0.5) is 0 Å². The Balaban J connectivity index is 2.28. The fraction of sp³-hybridized carbons (Fsp3) is 0.188. The summed E-state index contributed by atoms with van der Waals surface area (Å²) in [6, 6.07) is 12.4. The molecule has 0 unspecified atom stereocenters. The topological polar surface area (TPSA) is 27.1 Å². The summed E-state index contributed by atoms with van der Waals surface area (Å²) in [4.78, 5) is 4.37. The summed E-state index contributed by atoms with van der Waals surface area (Å²) in [5, 5.41) is 1.20. The van der Waals surface area contributed by atoms with Crippen molar-refractivity contribution in [2.45, 2.75) is 6.92 Å². The zero-order valence-corrected chi connectivity index (χ0v) is 11.3. The fourth-order valence-corrected chi connectivity index (χ4v) is 2.46. The van der Waals surface area contributed by atoms with E-state index in [1.807, 2.05) is 31.3 Å². The van der Waals surface area contributed by atoms with Gasteiger partial charge in [0.15, 0.2) is 0 Å². The molecule has 19 heavy (non-hydrogen) atoms.